The van der Waals surface area contributed by atoms with Crippen molar-refractivity contribution in [3.05, 3.63) is 60.2 Å². The smallest absolute Gasteiger partial charge is 0.261 e. The molecule has 5 nitrogen and oxygen atoms in total. The number of hydrogen-bond donors (Lipinski definition) is 1. The van der Waals surface area contributed by atoms with Gasteiger partial charge >= 0.3 is 0 Å². The van der Waals surface area contributed by atoms with Gasteiger partial charge in [0.15, 0.2) is 0 Å². The van der Waals surface area contributed by atoms with E-state index in [2.05, 4.69) is 11.6 Å². The van der Waals surface area contributed by atoms with E-state index in [4.69, 9.17) is 0 Å². The first kappa shape index (κ1) is 17.5. The van der Waals surface area contributed by atoms with Crippen LogP contribution in [0.4, 0.5) is 5.69 Å². The van der Waals surface area contributed by atoms with Crippen molar-refractivity contribution in [2.45, 2.75) is 24.7 Å². The zero-order valence-corrected chi connectivity index (χ0v) is 15.0. The van der Waals surface area contributed by atoms with Gasteiger partial charge in [0.05, 0.1) is 4.90 Å². The molecule has 2 aromatic rings. The van der Waals surface area contributed by atoms with E-state index in [9.17, 15) is 13.2 Å². The highest BCUT2D eigenvalue weighted by molar-refractivity contribution is 7.92. The molecule has 1 unspecified atom stereocenters. The van der Waals surface area contributed by atoms with Crippen molar-refractivity contribution in [1.29, 1.82) is 0 Å². The van der Waals surface area contributed by atoms with Crippen LogP contribution in [0.2, 0.25) is 0 Å². The Morgan fingerprint density at radius 2 is 1.88 bits per heavy atom. The Morgan fingerprint density at radius 3 is 2.60 bits per heavy atom. The van der Waals surface area contributed by atoms with Crippen LogP contribution in [0, 0.1) is 5.92 Å². The number of carbonyl (C=O) groups is 1. The molecule has 0 saturated carbocycles. The minimum atomic E-state index is -3.66. The Morgan fingerprint density at radius 1 is 1.12 bits per heavy atom. The van der Waals surface area contributed by atoms with Gasteiger partial charge in [-0.1, -0.05) is 31.2 Å². The Labute approximate surface area is 148 Å². The van der Waals surface area contributed by atoms with Crippen LogP contribution in [-0.2, 0) is 10.0 Å². The molecule has 0 spiro atoms. The maximum Gasteiger partial charge on any atom is 0.261 e. The molecule has 1 atom stereocenters. The van der Waals surface area contributed by atoms with Crippen molar-refractivity contribution in [2.75, 3.05) is 17.8 Å². The van der Waals surface area contributed by atoms with Gasteiger partial charge in [0, 0.05) is 24.3 Å². The first-order valence-corrected chi connectivity index (χ1v) is 9.91. The van der Waals surface area contributed by atoms with Crippen LogP contribution in [-0.4, -0.2) is 32.3 Å². The number of nitrogens with zero attached hydrogens (tertiary/aromatic N) is 1. The monoisotopic (exact) mass is 358 g/mol. The summed E-state index contributed by atoms with van der Waals surface area (Å²) in [4.78, 5) is 14.7. The van der Waals surface area contributed by atoms with Crippen molar-refractivity contribution in [3.8, 4) is 0 Å². The molecule has 0 aromatic heterocycles. The maximum atomic E-state index is 12.7. The molecule has 0 radical (unpaired) electrons. The highest BCUT2D eigenvalue weighted by atomic mass is 32.2. The normalized spacial score (nSPS) is 18.0. The van der Waals surface area contributed by atoms with E-state index in [0.717, 1.165) is 25.9 Å². The fourth-order valence-electron chi connectivity index (χ4n) is 3.09. The average molecular weight is 358 g/mol. The lowest BCUT2D eigenvalue weighted by Crippen LogP contribution is -2.39. The van der Waals surface area contributed by atoms with Crippen molar-refractivity contribution >= 4 is 21.6 Å². The molecule has 1 aliphatic rings. The largest absolute Gasteiger partial charge is 0.338 e. The number of amides is 1. The van der Waals surface area contributed by atoms with Crippen LogP contribution >= 0.6 is 0 Å². The Balaban J connectivity index is 1.79. The Bertz CT molecular complexity index is 850. The SMILES string of the molecule is CC1CCCN(C(=O)c2cccc(NS(=O)(=O)c3ccccc3)c2)C1. The number of sulfonamides is 1. The van der Waals surface area contributed by atoms with Gasteiger partial charge in [-0.3, -0.25) is 9.52 Å². The fourth-order valence-corrected chi connectivity index (χ4v) is 4.16. The summed E-state index contributed by atoms with van der Waals surface area (Å²) in [6.45, 7) is 3.64. The molecule has 1 fully saturated rings. The van der Waals surface area contributed by atoms with Gasteiger partial charge < -0.3 is 4.90 Å². The Hall–Kier alpha value is -2.34. The van der Waals surface area contributed by atoms with E-state index < -0.39 is 10.0 Å². The lowest BCUT2D eigenvalue weighted by molar-refractivity contribution is 0.0683. The van der Waals surface area contributed by atoms with Gasteiger partial charge in [-0.05, 0) is 49.1 Å². The topological polar surface area (TPSA) is 66.5 Å². The number of nitrogens with one attached hydrogen (secondary N) is 1. The van der Waals surface area contributed by atoms with Gasteiger partial charge in [0.2, 0.25) is 0 Å². The van der Waals surface area contributed by atoms with Crippen LogP contribution in [0.1, 0.15) is 30.1 Å². The summed E-state index contributed by atoms with van der Waals surface area (Å²) >= 11 is 0. The number of piperidine rings is 1. The lowest BCUT2D eigenvalue weighted by atomic mass is 9.99. The first-order valence-electron chi connectivity index (χ1n) is 8.43. The van der Waals surface area contributed by atoms with E-state index in [1.807, 2.05) is 4.90 Å². The van der Waals surface area contributed by atoms with Crippen LogP contribution in [0.25, 0.3) is 0 Å². The summed E-state index contributed by atoms with van der Waals surface area (Å²) in [6.07, 6.45) is 2.15. The zero-order chi connectivity index (χ0) is 17.9. The van der Waals surface area contributed by atoms with Crippen LogP contribution in [0.3, 0.4) is 0 Å². The second-order valence-electron chi connectivity index (χ2n) is 6.50. The maximum absolute atomic E-state index is 12.7. The quantitative estimate of drug-likeness (QED) is 0.911. The molecule has 1 aliphatic heterocycles. The number of carbonyl (C=O) groups excluding carboxylic acids is 1. The summed E-state index contributed by atoms with van der Waals surface area (Å²) in [5, 5.41) is 0. The minimum absolute atomic E-state index is 0.0488. The third-order valence-corrected chi connectivity index (χ3v) is 5.76. The van der Waals surface area contributed by atoms with Crippen molar-refractivity contribution in [2.24, 2.45) is 5.92 Å². The van der Waals surface area contributed by atoms with Crippen molar-refractivity contribution in [1.82, 2.24) is 4.90 Å². The van der Waals surface area contributed by atoms with Crippen molar-refractivity contribution < 1.29 is 13.2 Å². The molecule has 6 heteroatoms. The standard InChI is InChI=1S/C19H22N2O3S/c1-15-7-6-12-21(14-15)19(22)16-8-5-9-17(13-16)20-25(23,24)18-10-3-2-4-11-18/h2-5,8-11,13,15,20H,6-7,12,14H2,1H3. The molecule has 3 rings (SSSR count). The van der Waals surface area contributed by atoms with E-state index in [-0.39, 0.29) is 10.8 Å². The van der Waals surface area contributed by atoms with E-state index in [1.54, 1.807) is 42.5 Å². The molecule has 2 aromatic carbocycles. The summed E-state index contributed by atoms with van der Waals surface area (Å²) in [5.41, 5.74) is 0.891. The molecular weight excluding hydrogens is 336 g/mol. The molecule has 1 saturated heterocycles. The van der Waals surface area contributed by atoms with E-state index >= 15 is 0 Å². The van der Waals surface area contributed by atoms with Crippen LogP contribution in [0.15, 0.2) is 59.5 Å². The minimum Gasteiger partial charge on any atom is -0.338 e. The van der Waals surface area contributed by atoms with Gasteiger partial charge in [-0.2, -0.15) is 0 Å². The lowest BCUT2D eigenvalue weighted by Gasteiger charge is -2.31. The molecule has 132 valence electrons. The average Bonchev–Trinajstić information content (AvgIpc) is 2.62. The number of rotatable bonds is 4. The second kappa shape index (κ2) is 7.27. The van der Waals surface area contributed by atoms with Gasteiger partial charge in [-0.15, -0.1) is 0 Å². The molecule has 0 aliphatic carbocycles. The van der Waals surface area contributed by atoms with E-state index in [1.165, 1.54) is 12.1 Å². The third-order valence-electron chi connectivity index (χ3n) is 4.36. The molecule has 0 bridgehead atoms. The number of hydrogen-bond acceptors (Lipinski definition) is 3. The molecule has 1 heterocycles. The highest BCUT2D eigenvalue weighted by Gasteiger charge is 2.22. The second-order valence-corrected chi connectivity index (χ2v) is 8.18. The van der Waals surface area contributed by atoms with Gasteiger partial charge in [0.25, 0.3) is 15.9 Å². The molecular formula is C19H22N2O3S. The first-order chi connectivity index (χ1) is 12.0. The highest BCUT2D eigenvalue weighted by Crippen LogP contribution is 2.21. The number of anilines is 1. The number of likely N-dealkylation sites (tertiary alicyclic amines) is 1. The van der Waals surface area contributed by atoms with Gasteiger partial charge in [0.1, 0.15) is 0 Å². The predicted molar refractivity (Wildman–Crippen MR) is 98.0 cm³/mol. The summed E-state index contributed by atoms with van der Waals surface area (Å²) in [7, 11) is -3.66. The fraction of sp³-hybridized carbons (Fsp3) is 0.316. The van der Waals surface area contributed by atoms with E-state index in [0.29, 0.717) is 17.2 Å². The van der Waals surface area contributed by atoms with Crippen LogP contribution in [0.5, 0.6) is 0 Å². The Kier molecular flexibility index (Phi) is 5.08. The summed E-state index contributed by atoms with van der Waals surface area (Å²) < 4.78 is 27.4. The van der Waals surface area contributed by atoms with Crippen molar-refractivity contribution in [3.63, 3.8) is 0 Å². The number of benzene rings is 2. The van der Waals surface area contributed by atoms with Crippen LogP contribution < -0.4 is 4.72 Å². The molecule has 1 amide bonds. The molecule has 25 heavy (non-hydrogen) atoms. The molecule has 1 N–H and O–H groups in total. The zero-order valence-electron chi connectivity index (χ0n) is 14.2. The predicted octanol–water partition coefficient (Wildman–Crippen LogP) is 3.36. The van der Waals surface area contributed by atoms with Gasteiger partial charge in [-0.25, -0.2) is 8.42 Å². The summed E-state index contributed by atoms with van der Waals surface area (Å²) in [6, 6.07) is 14.8. The summed E-state index contributed by atoms with van der Waals surface area (Å²) in [5.74, 6) is 0.449. The third kappa shape index (κ3) is 4.20.